The maximum Gasteiger partial charge on any atom is 0.323 e. The van der Waals surface area contributed by atoms with Gasteiger partial charge in [-0.25, -0.2) is 5.84 Å². The third kappa shape index (κ3) is 3.43. The standard InChI is InChI=1S/C11H20N6O/c1-3-6-18-11-15-9(14-10(16-11)17-12)13-7(2)8-4-5-8/h7-8H,3-6,12H2,1-2H3,(H2,13,14,15,16,17). The van der Waals surface area contributed by atoms with E-state index in [1.165, 1.54) is 12.8 Å². The molecule has 1 aromatic heterocycles. The Bertz CT molecular complexity index is 395. The Morgan fingerprint density at radius 1 is 1.33 bits per heavy atom. The lowest BCUT2D eigenvalue weighted by Crippen LogP contribution is -2.21. The SMILES string of the molecule is CCCOc1nc(NN)nc(NC(C)C2CC2)n1. The van der Waals surface area contributed by atoms with Crippen LogP contribution in [0.1, 0.15) is 33.1 Å². The molecule has 0 radical (unpaired) electrons. The smallest absolute Gasteiger partial charge is 0.323 e. The maximum atomic E-state index is 5.40. The predicted octanol–water partition coefficient (Wildman–Crippen LogP) is 1.16. The quantitative estimate of drug-likeness (QED) is 0.494. The van der Waals surface area contributed by atoms with E-state index in [0.717, 1.165) is 12.3 Å². The van der Waals surface area contributed by atoms with E-state index in [4.69, 9.17) is 10.6 Å². The summed E-state index contributed by atoms with van der Waals surface area (Å²) in [5, 5.41) is 3.26. The van der Waals surface area contributed by atoms with E-state index in [1.807, 2.05) is 6.92 Å². The van der Waals surface area contributed by atoms with Crippen molar-refractivity contribution in [2.75, 3.05) is 17.3 Å². The normalized spacial score (nSPS) is 16.2. The number of hydrogen-bond acceptors (Lipinski definition) is 7. The number of nitrogens with two attached hydrogens (primary N) is 1. The fourth-order valence-corrected chi connectivity index (χ4v) is 1.66. The molecule has 2 rings (SSSR count). The van der Waals surface area contributed by atoms with Gasteiger partial charge in [-0.15, -0.1) is 0 Å². The molecule has 1 heterocycles. The number of hydrogen-bond donors (Lipinski definition) is 3. The summed E-state index contributed by atoms with van der Waals surface area (Å²) < 4.78 is 5.40. The van der Waals surface area contributed by atoms with Gasteiger partial charge in [0.25, 0.3) is 0 Å². The lowest BCUT2D eigenvalue weighted by atomic mass is 10.2. The van der Waals surface area contributed by atoms with E-state index in [1.54, 1.807) is 0 Å². The molecule has 0 aromatic carbocycles. The second-order valence-electron chi connectivity index (χ2n) is 4.53. The zero-order valence-electron chi connectivity index (χ0n) is 10.8. The number of anilines is 2. The molecule has 1 aliphatic rings. The van der Waals surface area contributed by atoms with Crippen molar-refractivity contribution in [1.82, 2.24) is 15.0 Å². The van der Waals surface area contributed by atoms with Crippen LogP contribution in [0.2, 0.25) is 0 Å². The van der Waals surface area contributed by atoms with Gasteiger partial charge in [0, 0.05) is 6.04 Å². The third-order valence-electron chi connectivity index (χ3n) is 2.87. The minimum absolute atomic E-state index is 0.297. The molecule has 1 saturated carbocycles. The van der Waals surface area contributed by atoms with Crippen LogP contribution < -0.4 is 21.3 Å². The number of hydrazine groups is 1. The van der Waals surface area contributed by atoms with Crippen LogP contribution in [0.25, 0.3) is 0 Å². The molecule has 100 valence electrons. The summed E-state index contributed by atoms with van der Waals surface area (Å²) in [5.74, 6) is 6.86. The Balaban J connectivity index is 2.06. The van der Waals surface area contributed by atoms with Gasteiger partial charge in [0.2, 0.25) is 11.9 Å². The van der Waals surface area contributed by atoms with E-state index in [0.29, 0.717) is 30.6 Å². The summed E-state index contributed by atoms with van der Waals surface area (Å²) in [6, 6.07) is 0.655. The highest BCUT2D eigenvalue weighted by Gasteiger charge is 2.28. The second kappa shape index (κ2) is 5.81. The van der Waals surface area contributed by atoms with Crippen molar-refractivity contribution in [3.05, 3.63) is 0 Å². The highest BCUT2D eigenvalue weighted by atomic mass is 16.5. The van der Waals surface area contributed by atoms with Gasteiger partial charge in [-0.3, -0.25) is 5.43 Å². The summed E-state index contributed by atoms with van der Waals surface area (Å²) >= 11 is 0. The number of nitrogens with one attached hydrogen (secondary N) is 2. The van der Waals surface area contributed by atoms with Crippen molar-refractivity contribution in [3.63, 3.8) is 0 Å². The summed E-state index contributed by atoms with van der Waals surface area (Å²) in [4.78, 5) is 12.4. The van der Waals surface area contributed by atoms with E-state index < -0.39 is 0 Å². The highest BCUT2D eigenvalue weighted by Crippen LogP contribution is 2.33. The zero-order chi connectivity index (χ0) is 13.0. The van der Waals surface area contributed by atoms with Gasteiger partial charge in [0.1, 0.15) is 0 Å². The van der Waals surface area contributed by atoms with Crippen molar-refractivity contribution < 1.29 is 4.74 Å². The van der Waals surface area contributed by atoms with Crippen molar-refractivity contribution in [2.24, 2.45) is 11.8 Å². The van der Waals surface area contributed by atoms with Crippen LogP contribution in [0.4, 0.5) is 11.9 Å². The van der Waals surface area contributed by atoms with Gasteiger partial charge in [0.05, 0.1) is 6.61 Å². The van der Waals surface area contributed by atoms with Crippen molar-refractivity contribution in [1.29, 1.82) is 0 Å². The monoisotopic (exact) mass is 252 g/mol. The molecule has 1 unspecified atom stereocenters. The zero-order valence-corrected chi connectivity index (χ0v) is 10.8. The van der Waals surface area contributed by atoms with E-state index in [2.05, 4.69) is 32.6 Å². The van der Waals surface area contributed by atoms with Crippen LogP contribution in [-0.4, -0.2) is 27.6 Å². The molecule has 18 heavy (non-hydrogen) atoms. The minimum Gasteiger partial charge on any atom is -0.463 e. The Morgan fingerprint density at radius 2 is 2.06 bits per heavy atom. The summed E-state index contributed by atoms with van der Waals surface area (Å²) in [6.45, 7) is 4.73. The Labute approximate surface area is 107 Å². The Hall–Kier alpha value is -1.63. The first-order valence-corrected chi connectivity index (χ1v) is 6.35. The van der Waals surface area contributed by atoms with Crippen molar-refractivity contribution in [2.45, 2.75) is 39.2 Å². The van der Waals surface area contributed by atoms with E-state index in [-0.39, 0.29) is 0 Å². The first-order chi connectivity index (χ1) is 8.72. The summed E-state index contributed by atoms with van der Waals surface area (Å²) in [5.41, 5.74) is 2.42. The Morgan fingerprint density at radius 3 is 2.67 bits per heavy atom. The number of ether oxygens (including phenoxy) is 1. The number of nitrogens with zero attached hydrogens (tertiary/aromatic N) is 3. The molecule has 0 amide bonds. The largest absolute Gasteiger partial charge is 0.463 e. The first kappa shape index (κ1) is 12.8. The topological polar surface area (TPSA) is 98.0 Å². The van der Waals surface area contributed by atoms with Crippen molar-refractivity contribution in [3.8, 4) is 6.01 Å². The lowest BCUT2D eigenvalue weighted by molar-refractivity contribution is 0.292. The fraction of sp³-hybridized carbons (Fsp3) is 0.727. The highest BCUT2D eigenvalue weighted by molar-refractivity contribution is 5.35. The second-order valence-corrected chi connectivity index (χ2v) is 4.53. The number of aromatic nitrogens is 3. The molecule has 1 aromatic rings. The van der Waals surface area contributed by atoms with Gasteiger partial charge in [-0.2, -0.15) is 15.0 Å². The molecule has 0 saturated heterocycles. The predicted molar refractivity (Wildman–Crippen MR) is 69.2 cm³/mol. The molecular formula is C11H20N6O. The van der Waals surface area contributed by atoms with Gasteiger partial charge in [0.15, 0.2) is 0 Å². The molecular weight excluding hydrogens is 232 g/mol. The average Bonchev–Trinajstić information content (AvgIpc) is 3.20. The maximum absolute atomic E-state index is 5.40. The molecule has 0 spiro atoms. The molecule has 7 heteroatoms. The molecule has 1 fully saturated rings. The van der Waals surface area contributed by atoms with Crippen LogP contribution in [0.5, 0.6) is 6.01 Å². The molecule has 0 aliphatic heterocycles. The molecule has 4 N–H and O–H groups in total. The van der Waals surface area contributed by atoms with Gasteiger partial charge in [-0.1, -0.05) is 6.92 Å². The van der Waals surface area contributed by atoms with E-state index in [9.17, 15) is 0 Å². The van der Waals surface area contributed by atoms with E-state index >= 15 is 0 Å². The molecule has 1 atom stereocenters. The van der Waals surface area contributed by atoms with Crippen LogP contribution in [-0.2, 0) is 0 Å². The van der Waals surface area contributed by atoms with Crippen LogP contribution in [0.15, 0.2) is 0 Å². The van der Waals surface area contributed by atoms with Gasteiger partial charge in [-0.05, 0) is 32.1 Å². The van der Waals surface area contributed by atoms with Crippen LogP contribution in [0.3, 0.4) is 0 Å². The summed E-state index contributed by atoms with van der Waals surface area (Å²) in [7, 11) is 0. The third-order valence-corrected chi connectivity index (χ3v) is 2.87. The van der Waals surface area contributed by atoms with Gasteiger partial charge < -0.3 is 10.1 Å². The minimum atomic E-state index is 0.297. The summed E-state index contributed by atoms with van der Waals surface area (Å²) in [6.07, 6.45) is 3.43. The number of nitrogen functional groups attached to an aromatic ring is 1. The van der Waals surface area contributed by atoms with Gasteiger partial charge >= 0.3 is 6.01 Å². The van der Waals surface area contributed by atoms with Crippen LogP contribution >= 0.6 is 0 Å². The van der Waals surface area contributed by atoms with Crippen molar-refractivity contribution >= 4 is 11.9 Å². The first-order valence-electron chi connectivity index (χ1n) is 6.35. The fourth-order valence-electron chi connectivity index (χ4n) is 1.66. The van der Waals surface area contributed by atoms with Crippen LogP contribution in [0, 0.1) is 5.92 Å². The Kier molecular flexibility index (Phi) is 4.14. The average molecular weight is 252 g/mol. The lowest BCUT2D eigenvalue weighted by Gasteiger charge is -2.13. The molecule has 7 nitrogen and oxygen atoms in total. The number of rotatable bonds is 7. The molecule has 1 aliphatic carbocycles. The molecule has 0 bridgehead atoms.